The maximum absolute atomic E-state index is 12.0. The number of nitrogens with one attached hydrogen (secondary N) is 2. The maximum atomic E-state index is 12.0. The van der Waals surface area contributed by atoms with Crippen molar-refractivity contribution in [1.82, 2.24) is 9.55 Å². The molecule has 0 aliphatic carbocycles. The van der Waals surface area contributed by atoms with E-state index in [1.165, 1.54) is 0 Å². The molecule has 0 unspecified atom stereocenters. The van der Waals surface area contributed by atoms with Crippen LogP contribution in [-0.2, 0) is 7.05 Å². The molecule has 0 aliphatic heterocycles. The van der Waals surface area contributed by atoms with Crippen molar-refractivity contribution in [2.45, 2.75) is 6.92 Å². The third kappa shape index (κ3) is 3.06. The third-order valence-corrected chi connectivity index (χ3v) is 4.18. The molecular weight excluding hydrogens is 391 g/mol. The number of nitrogens with zero attached hydrogens (tertiary/aromatic N) is 2. The summed E-state index contributed by atoms with van der Waals surface area (Å²) in [7, 11) is 1.97. The van der Waals surface area contributed by atoms with Crippen molar-refractivity contribution < 1.29 is 4.79 Å². The summed E-state index contributed by atoms with van der Waals surface area (Å²) in [6.45, 7) is 1.95. The zero-order valence-corrected chi connectivity index (χ0v) is 14.4. The molecule has 3 aromatic rings. The van der Waals surface area contributed by atoms with Gasteiger partial charge in [0.05, 0.1) is 11.0 Å². The van der Waals surface area contributed by atoms with Gasteiger partial charge in [0, 0.05) is 22.0 Å². The standard InChI is InChI=1S/C16H15IN4O/c1-10-18-14-9-13(7-8-15(14)21(10)2)20-16(22)19-12-5-3-11(17)4-6-12/h3-9H,1-2H3,(H2,19,20,22). The number of imidazole rings is 1. The first-order chi connectivity index (χ1) is 10.5. The van der Waals surface area contributed by atoms with E-state index in [1.807, 2.05) is 61.0 Å². The Kier molecular flexibility index (Phi) is 4.02. The molecule has 5 nitrogen and oxygen atoms in total. The van der Waals surface area contributed by atoms with E-state index < -0.39 is 0 Å². The number of urea groups is 1. The van der Waals surface area contributed by atoms with Gasteiger partial charge in [0.1, 0.15) is 5.82 Å². The maximum Gasteiger partial charge on any atom is 0.323 e. The molecule has 0 radical (unpaired) electrons. The molecule has 3 rings (SSSR count). The van der Waals surface area contributed by atoms with E-state index in [0.29, 0.717) is 5.69 Å². The van der Waals surface area contributed by atoms with E-state index in [2.05, 4.69) is 38.2 Å². The van der Waals surface area contributed by atoms with Crippen molar-refractivity contribution in [1.29, 1.82) is 0 Å². The molecule has 0 aliphatic rings. The molecule has 0 saturated carbocycles. The normalized spacial score (nSPS) is 10.7. The monoisotopic (exact) mass is 406 g/mol. The smallest absolute Gasteiger partial charge is 0.323 e. The summed E-state index contributed by atoms with van der Waals surface area (Å²) in [6, 6.07) is 13.0. The van der Waals surface area contributed by atoms with Crippen molar-refractivity contribution in [2.24, 2.45) is 7.05 Å². The van der Waals surface area contributed by atoms with E-state index in [0.717, 1.165) is 26.1 Å². The van der Waals surface area contributed by atoms with E-state index in [-0.39, 0.29) is 6.03 Å². The minimum Gasteiger partial charge on any atom is -0.331 e. The number of halogens is 1. The molecular formula is C16H15IN4O. The lowest BCUT2D eigenvalue weighted by Gasteiger charge is -2.08. The summed E-state index contributed by atoms with van der Waals surface area (Å²) in [5.74, 6) is 0.940. The Hall–Kier alpha value is -2.09. The highest BCUT2D eigenvalue weighted by molar-refractivity contribution is 14.1. The molecule has 0 saturated heterocycles. The molecule has 0 atom stereocenters. The van der Waals surface area contributed by atoms with Crippen LogP contribution in [0.15, 0.2) is 42.5 Å². The van der Waals surface area contributed by atoms with Crippen molar-refractivity contribution in [2.75, 3.05) is 10.6 Å². The van der Waals surface area contributed by atoms with Gasteiger partial charge in [0.2, 0.25) is 0 Å². The van der Waals surface area contributed by atoms with Crippen molar-refractivity contribution in [3.8, 4) is 0 Å². The second-order valence-corrected chi connectivity index (χ2v) is 6.25. The van der Waals surface area contributed by atoms with E-state index in [1.54, 1.807) is 0 Å². The van der Waals surface area contributed by atoms with Crippen LogP contribution in [0.1, 0.15) is 5.82 Å². The van der Waals surface area contributed by atoms with Gasteiger partial charge >= 0.3 is 6.03 Å². The average Bonchev–Trinajstić information content (AvgIpc) is 2.76. The van der Waals surface area contributed by atoms with Gasteiger partial charge in [0.15, 0.2) is 0 Å². The highest BCUT2D eigenvalue weighted by Crippen LogP contribution is 2.19. The SMILES string of the molecule is Cc1nc2cc(NC(=O)Nc3ccc(I)cc3)ccc2n1C. The number of carbonyl (C=O) groups excluding carboxylic acids is 1. The first kappa shape index (κ1) is 14.8. The summed E-state index contributed by atoms with van der Waals surface area (Å²) in [6.07, 6.45) is 0. The summed E-state index contributed by atoms with van der Waals surface area (Å²) in [5.41, 5.74) is 3.38. The fourth-order valence-electron chi connectivity index (χ4n) is 2.22. The molecule has 1 heterocycles. The third-order valence-electron chi connectivity index (χ3n) is 3.46. The number of amides is 2. The summed E-state index contributed by atoms with van der Waals surface area (Å²) < 4.78 is 3.14. The van der Waals surface area contributed by atoms with Gasteiger partial charge in [0.25, 0.3) is 0 Å². The molecule has 2 amide bonds. The number of anilines is 2. The number of fused-ring (bicyclic) bond motifs is 1. The zero-order valence-electron chi connectivity index (χ0n) is 12.2. The quantitative estimate of drug-likeness (QED) is 0.629. The highest BCUT2D eigenvalue weighted by atomic mass is 127. The Morgan fingerprint density at radius 3 is 2.45 bits per heavy atom. The molecule has 22 heavy (non-hydrogen) atoms. The predicted molar refractivity (Wildman–Crippen MR) is 97.3 cm³/mol. The van der Waals surface area contributed by atoms with E-state index >= 15 is 0 Å². The molecule has 112 valence electrons. The average molecular weight is 406 g/mol. The predicted octanol–water partition coefficient (Wildman–Crippen LogP) is 4.13. The lowest BCUT2D eigenvalue weighted by molar-refractivity contribution is 0.262. The van der Waals surface area contributed by atoms with Gasteiger partial charge in [-0.05, 0) is 72.0 Å². The first-order valence-electron chi connectivity index (χ1n) is 6.79. The van der Waals surface area contributed by atoms with Crippen LogP contribution in [0.5, 0.6) is 0 Å². The minimum absolute atomic E-state index is 0.270. The van der Waals surface area contributed by atoms with Crippen molar-refractivity contribution >= 4 is 51.0 Å². The summed E-state index contributed by atoms with van der Waals surface area (Å²) in [5, 5.41) is 5.63. The van der Waals surface area contributed by atoms with Gasteiger partial charge in [-0.25, -0.2) is 9.78 Å². The van der Waals surface area contributed by atoms with E-state index in [4.69, 9.17) is 0 Å². The van der Waals surface area contributed by atoms with Gasteiger partial charge in [-0.2, -0.15) is 0 Å². The molecule has 0 fully saturated rings. The van der Waals surface area contributed by atoms with Gasteiger partial charge in [-0.1, -0.05) is 0 Å². The number of carbonyl (C=O) groups is 1. The van der Waals surface area contributed by atoms with Crippen molar-refractivity contribution in [3.63, 3.8) is 0 Å². The van der Waals surface area contributed by atoms with Crippen LogP contribution < -0.4 is 10.6 Å². The Morgan fingerprint density at radius 2 is 1.73 bits per heavy atom. The van der Waals surface area contributed by atoms with Crippen molar-refractivity contribution in [3.05, 3.63) is 51.9 Å². The largest absolute Gasteiger partial charge is 0.331 e. The zero-order chi connectivity index (χ0) is 15.7. The second-order valence-electron chi connectivity index (χ2n) is 5.01. The Bertz CT molecular complexity index is 839. The number of hydrogen-bond acceptors (Lipinski definition) is 2. The Morgan fingerprint density at radius 1 is 1.09 bits per heavy atom. The molecule has 1 aromatic heterocycles. The molecule has 6 heteroatoms. The number of aryl methyl sites for hydroxylation is 2. The van der Waals surface area contributed by atoms with Crippen LogP contribution in [0.4, 0.5) is 16.2 Å². The van der Waals surface area contributed by atoms with Gasteiger partial charge in [-0.15, -0.1) is 0 Å². The number of benzene rings is 2. The van der Waals surface area contributed by atoms with Crippen LogP contribution in [-0.4, -0.2) is 15.6 Å². The second kappa shape index (κ2) is 5.96. The summed E-state index contributed by atoms with van der Waals surface area (Å²) >= 11 is 2.22. The van der Waals surface area contributed by atoms with Gasteiger partial charge in [-0.3, -0.25) is 0 Å². The van der Waals surface area contributed by atoms with E-state index in [9.17, 15) is 4.79 Å². The van der Waals surface area contributed by atoms with Crippen LogP contribution in [0.3, 0.4) is 0 Å². The van der Waals surface area contributed by atoms with Crippen LogP contribution in [0.25, 0.3) is 11.0 Å². The number of aromatic nitrogens is 2. The molecule has 2 N–H and O–H groups in total. The topological polar surface area (TPSA) is 59.0 Å². The van der Waals surface area contributed by atoms with Crippen LogP contribution >= 0.6 is 22.6 Å². The fraction of sp³-hybridized carbons (Fsp3) is 0.125. The first-order valence-corrected chi connectivity index (χ1v) is 7.87. The summed E-state index contributed by atoms with van der Waals surface area (Å²) in [4.78, 5) is 16.5. The lowest BCUT2D eigenvalue weighted by Crippen LogP contribution is -2.19. The minimum atomic E-state index is -0.270. The number of hydrogen-bond donors (Lipinski definition) is 2. The molecule has 2 aromatic carbocycles. The lowest BCUT2D eigenvalue weighted by atomic mass is 10.2. The molecule has 0 spiro atoms. The number of rotatable bonds is 2. The highest BCUT2D eigenvalue weighted by Gasteiger charge is 2.07. The van der Waals surface area contributed by atoms with Crippen LogP contribution in [0.2, 0.25) is 0 Å². The van der Waals surface area contributed by atoms with Gasteiger partial charge < -0.3 is 15.2 Å². The Balaban J connectivity index is 1.74. The molecule has 0 bridgehead atoms. The fourth-order valence-corrected chi connectivity index (χ4v) is 2.58. The Labute approximate surface area is 141 Å². The van der Waals surface area contributed by atoms with Crippen LogP contribution in [0, 0.1) is 10.5 Å².